The Morgan fingerprint density at radius 3 is 1.97 bits per heavy atom. The second kappa shape index (κ2) is 12.5. The van der Waals surface area contributed by atoms with E-state index in [1.165, 1.54) is 39.5 Å². The highest BCUT2D eigenvalue weighted by molar-refractivity contribution is 7.99. The fourth-order valence-electron chi connectivity index (χ4n) is 2.75. The largest absolute Gasteiger partial charge is 0.463 e. The van der Waals surface area contributed by atoms with Gasteiger partial charge in [0.2, 0.25) is 0 Å². The second-order valence-electron chi connectivity index (χ2n) is 6.37. The predicted octanol–water partition coefficient (Wildman–Crippen LogP) is 1.77. The van der Waals surface area contributed by atoms with Crippen LogP contribution < -0.4 is 0 Å². The van der Waals surface area contributed by atoms with Gasteiger partial charge in [0, 0.05) is 27.7 Å². The zero-order chi connectivity index (χ0) is 22.0. The van der Waals surface area contributed by atoms with Crippen molar-refractivity contribution in [1.29, 1.82) is 0 Å². The first-order valence-electron chi connectivity index (χ1n) is 9.18. The summed E-state index contributed by atoms with van der Waals surface area (Å²) in [5.41, 5.74) is -0.722. The summed E-state index contributed by atoms with van der Waals surface area (Å²) in [6.45, 7) is 8.28. The van der Waals surface area contributed by atoms with Crippen LogP contribution in [0.25, 0.3) is 0 Å². The highest BCUT2D eigenvalue weighted by Gasteiger charge is 2.52. The molecule has 0 aromatic rings. The third-order valence-corrected chi connectivity index (χ3v) is 5.02. The number of unbranched alkanes of at least 4 members (excludes halogenated alkanes) is 1. The average Bonchev–Trinajstić information content (AvgIpc) is 2.60. The molecule has 1 aliphatic heterocycles. The molecule has 1 heterocycles. The number of hydrogen-bond donors (Lipinski definition) is 0. The first-order valence-corrected chi connectivity index (χ1v) is 10.2. The molecule has 1 fully saturated rings. The lowest BCUT2D eigenvalue weighted by Gasteiger charge is -2.44. The van der Waals surface area contributed by atoms with Crippen molar-refractivity contribution in [3.63, 3.8) is 0 Å². The zero-order valence-corrected chi connectivity index (χ0v) is 17.9. The topological polar surface area (TPSA) is 114 Å². The van der Waals surface area contributed by atoms with Gasteiger partial charge in [0.1, 0.15) is 18.1 Å². The van der Waals surface area contributed by atoms with Gasteiger partial charge < -0.3 is 23.7 Å². The summed E-state index contributed by atoms with van der Waals surface area (Å²) >= 11 is 1.36. The van der Waals surface area contributed by atoms with E-state index in [1.807, 2.05) is 0 Å². The molecule has 0 spiro atoms. The monoisotopic (exact) mass is 432 g/mol. The summed E-state index contributed by atoms with van der Waals surface area (Å²) in [5, 5.41) is 0. The Balaban J connectivity index is 3.19. The lowest BCUT2D eigenvalue weighted by Crippen LogP contribution is -2.61. The maximum absolute atomic E-state index is 11.7. The summed E-state index contributed by atoms with van der Waals surface area (Å²) in [6.07, 6.45) is -0.775. The normalized spacial score (nSPS) is 26.1. The van der Waals surface area contributed by atoms with Crippen molar-refractivity contribution in [2.24, 2.45) is 0 Å². The number of ether oxygens (including phenoxy) is 5. The van der Waals surface area contributed by atoms with E-state index in [1.54, 1.807) is 6.08 Å². The third-order valence-electron chi connectivity index (χ3n) is 3.78. The van der Waals surface area contributed by atoms with Gasteiger partial charge in [-0.1, -0.05) is 6.08 Å². The molecule has 0 radical (unpaired) electrons. The summed E-state index contributed by atoms with van der Waals surface area (Å²) in [7, 11) is 0. The summed E-state index contributed by atoms with van der Waals surface area (Å²) in [6, 6.07) is 0. The molecule has 1 saturated heterocycles. The van der Waals surface area contributed by atoms with Crippen LogP contribution in [0.1, 0.15) is 40.5 Å². The van der Waals surface area contributed by atoms with Gasteiger partial charge in [0.15, 0.2) is 18.3 Å². The average molecular weight is 432 g/mol. The van der Waals surface area contributed by atoms with Crippen LogP contribution in [0.3, 0.4) is 0 Å². The SMILES string of the molecule is C=CCCCS[C@@H]1O[C@H](COC(C)=O)[C@H](OC(C)=O)[C@@H](OC(C)=O)[C@H]1OC(C)=O. The standard InChI is InChI=1S/C19H28O9S/c1-6-7-8-9-29-19-18(27-14(5)23)17(26-13(4)22)16(25-12(3)21)15(28-19)10-24-11(2)20/h6,15-19H,1,7-10H2,2-5H3/t15-,16+,17-,18-,19+/m1/s1. The van der Waals surface area contributed by atoms with E-state index in [0.29, 0.717) is 5.75 Å². The molecule has 0 N–H and O–H groups in total. The lowest BCUT2D eigenvalue weighted by molar-refractivity contribution is -0.237. The number of carbonyl (C=O) groups is 4. The molecule has 0 aliphatic carbocycles. The van der Waals surface area contributed by atoms with E-state index >= 15 is 0 Å². The van der Waals surface area contributed by atoms with Gasteiger partial charge in [-0.25, -0.2) is 0 Å². The molecule has 5 atom stereocenters. The van der Waals surface area contributed by atoms with E-state index in [-0.39, 0.29) is 6.61 Å². The number of hydrogen-bond acceptors (Lipinski definition) is 10. The van der Waals surface area contributed by atoms with E-state index in [2.05, 4.69) is 6.58 Å². The van der Waals surface area contributed by atoms with Crippen LogP contribution in [-0.2, 0) is 42.9 Å². The molecule has 0 unspecified atom stereocenters. The van der Waals surface area contributed by atoms with Crippen LogP contribution in [-0.4, -0.2) is 66.1 Å². The summed E-state index contributed by atoms with van der Waals surface area (Å²) in [5.74, 6) is -1.79. The number of thioether (sulfide) groups is 1. The lowest BCUT2D eigenvalue weighted by atomic mass is 9.99. The Hall–Kier alpha value is -2.07. The highest BCUT2D eigenvalue weighted by atomic mass is 32.2. The van der Waals surface area contributed by atoms with Crippen LogP contribution in [0, 0.1) is 0 Å². The maximum Gasteiger partial charge on any atom is 0.303 e. The Kier molecular flexibility index (Phi) is 10.7. The van der Waals surface area contributed by atoms with Gasteiger partial charge in [0.05, 0.1) is 0 Å². The molecule has 1 rings (SSSR count). The van der Waals surface area contributed by atoms with Crippen LogP contribution in [0.15, 0.2) is 12.7 Å². The summed E-state index contributed by atoms with van der Waals surface area (Å²) < 4.78 is 27.1. The molecule has 0 amide bonds. The number of esters is 4. The molecule has 164 valence electrons. The number of allylic oxidation sites excluding steroid dienone is 1. The predicted molar refractivity (Wildman–Crippen MR) is 104 cm³/mol. The molecule has 0 aromatic heterocycles. The van der Waals surface area contributed by atoms with E-state index < -0.39 is 53.7 Å². The number of carbonyl (C=O) groups excluding carboxylic acids is 4. The van der Waals surface area contributed by atoms with Crippen LogP contribution in [0.5, 0.6) is 0 Å². The van der Waals surface area contributed by atoms with Crippen molar-refractivity contribution in [2.75, 3.05) is 12.4 Å². The fraction of sp³-hybridized carbons (Fsp3) is 0.684. The molecule has 29 heavy (non-hydrogen) atoms. The van der Waals surface area contributed by atoms with Gasteiger partial charge in [0.25, 0.3) is 0 Å². The molecule has 0 bridgehead atoms. The molecule has 10 heteroatoms. The molecule has 9 nitrogen and oxygen atoms in total. The van der Waals surface area contributed by atoms with E-state index in [0.717, 1.165) is 12.8 Å². The first-order chi connectivity index (χ1) is 13.6. The smallest absolute Gasteiger partial charge is 0.303 e. The van der Waals surface area contributed by atoms with Crippen molar-refractivity contribution in [3.05, 3.63) is 12.7 Å². The molecule has 1 aliphatic rings. The molecular weight excluding hydrogens is 404 g/mol. The first kappa shape index (κ1) is 25.0. The second-order valence-corrected chi connectivity index (χ2v) is 7.58. The van der Waals surface area contributed by atoms with Gasteiger partial charge in [-0.15, -0.1) is 18.3 Å². The zero-order valence-electron chi connectivity index (χ0n) is 17.1. The number of rotatable bonds is 10. The van der Waals surface area contributed by atoms with Crippen LogP contribution >= 0.6 is 11.8 Å². The van der Waals surface area contributed by atoms with Gasteiger partial charge in [-0.2, -0.15) is 0 Å². The quantitative estimate of drug-likeness (QED) is 0.219. The molecular formula is C19H28O9S. The Labute approximate surface area is 174 Å². The Morgan fingerprint density at radius 2 is 1.45 bits per heavy atom. The van der Waals surface area contributed by atoms with Crippen LogP contribution in [0.2, 0.25) is 0 Å². The van der Waals surface area contributed by atoms with Crippen molar-refractivity contribution < 1.29 is 42.9 Å². The van der Waals surface area contributed by atoms with Crippen molar-refractivity contribution in [3.8, 4) is 0 Å². The minimum atomic E-state index is -1.12. The van der Waals surface area contributed by atoms with Crippen molar-refractivity contribution in [2.45, 2.75) is 70.4 Å². The maximum atomic E-state index is 11.7. The van der Waals surface area contributed by atoms with Crippen molar-refractivity contribution in [1.82, 2.24) is 0 Å². The van der Waals surface area contributed by atoms with Gasteiger partial charge >= 0.3 is 23.9 Å². The van der Waals surface area contributed by atoms with Gasteiger partial charge in [-0.05, 0) is 18.6 Å². The van der Waals surface area contributed by atoms with Crippen molar-refractivity contribution >= 4 is 35.6 Å². The third kappa shape index (κ3) is 8.86. The van der Waals surface area contributed by atoms with Gasteiger partial charge in [-0.3, -0.25) is 19.2 Å². The molecule has 0 aromatic carbocycles. The Bertz CT molecular complexity index is 606. The fourth-order valence-corrected chi connectivity index (χ4v) is 3.94. The minimum absolute atomic E-state index is 0.221. The van der Waals surface area contributed by atoms with E-state index in [9.17, 15) is 19.2 Å². The van der Waals surface area contributed by atoms with Crippen LogP contribution in [0.4, 0.5) is 0 Å². The Morgan fingerprint density at radius 1 is 0.897 bits per heavy atom. The summed E-state index contributed by atoms with van der Waals surface area (Å²) in [4.78, 5) is 46.3. The molecule has 0 saturated carbocycles. The minimum Gasteiger partial charge on any atom is -0.463 e. The van der Waals surface area contributed by atoms with E-state index in [4.69, 9.17) is 23.7 Å². The highest BCUT2D eigenvalue weighted by Crippen LogP contribution is 2.34.